The molecule has 4 rings (SSSR count). The summed E-state index contributed by atoms with van der Waals surface area (Å²) >= 11 is 0. The zero-order chi connectivity index (χ0) is 32.4. The fraction of sp³-hybridized carbons (Fsp3) is 0.636. The number of aliphatic hydroxyl groups excluding tert-OH is 1. The SMILES string of the molecule is CCOC1OC(C(=O)N2CCOCCOCCOCCOCC2)=CC(c2coc3ccccc3c2=O)C1CCOCCOCCO. The monoisotopic (exact) mass is 649 g/mol. The van der Waals surface area contributed by atoms with Crippen molar-refractivity contribution in [2.45, 2.75) is 25.6 Å². The molecule has 1 fully saturated rings. The maximum absolute atomic E-state index is 14.0. The molecule has 256 valence electrons. The molecule has 3 atom stereocenters. The first-order valence-corrected chi connectivity index (χ1v) is 16.0. The van der Waals surface area contributed by atoms with Gasteiger partial charge in [0.1, 0.15) is 5.58 Å². The summed E-state index contributed by atoms with van der Waals surface area (Å²) in [5, 5.41) is 9.36. The molecule has 2 aliphatic rings. The molecule has 2 aliphatic heterocycles. The third-order valence-electron chi connectivity index (χ3n) is 7.61. The maximum atomic E-state index is 14.0. The molecule has 0 saturated carbocycles. The van der Waals surface area contributed by atoms with Crippen LogP contribution >= 0.6 is 0 Å². The molecule has 0 bridgehead atoms. The molecule has 0 aliphatic carbocycles. The lowest BCUT2D eigenvalue weighted by Gasteiger charge is -2.37. The van der Waals surface area contributed by atoms with Crippen LogP contribution in [0.3, 0.4) is 0 Å². The Bertz CT molecular complexity index is 1250. The number of amides is 1. The summed E-state index contributed by atoms with van der Waals surface area (Å²) in [4.78, 5) is 29.4. The number of fused-ring (bicyclic) bond motifs is 1. The number of hydrogen-bond donors (Lipinski definition) is 1. The van der Waals surface area contributed by atoms with Gasteiger partial charge in [-0.15, -0.1) is 0 Å². The van der Waals surface area contributed by atoms with Crippen molar-refractivity contribution in [2.75, 3.05) is 106 Å². The first kappa shape index (κ1) is 36.0. The number of carbonyl (C=O) groups excluding carboxylic acids is 1. The van der Waals surface area contributed by atoms with Gasteiger partial charge in [-0.3, -0.25) is 9.59 Å². The van der Waals surface area contributed by atoms with Crippen LogP contribution in [0.2, 0.25) is 0 Å². The van der Waals surface area contributed by atoms with Gasteiger partial charge in [0.25, 0.3) is 5.91 Å². The maximum Gasteiger partial charge on any atom is 0.288 e. The predicted octanol–water partition coefficient (Wildman–Crippen LogP) is 2.09. The Morgan fingerprint density at radius 2 is 1.52 bits per heavy atom. The molecule has 13 nitrogen and oxygen atoms in total. The van der Waals surface area contributed by atoms with Gasteiger partial charge in [0.2, 0.25) is 6.29 Å². The summed E-state index contributed by atoms with van der Waals surface area (Å²) in [6.07, 6.45) is 2.81. The highest BCUT2D eigenvalue weighted by molar-refractivity contribution is 5.92. The van der Waals surface area contributed by atoms with E-state index in [-0.39, 0.29) is 36.2 Å². The molecule has 0 radical (unpaired) electrons. The van der Waals surface area contributed by atoms with Gasteiger partial charge in [-0.05, 0) is 31.6 Å². The molecule has 13 heteroatoms. The Morgan fingerprint density at radius 3 is 2.17 bits per heavy atom. The molecule has 0 spiro atoms. The second kappa shape index (κ2) is 20.4. The molecular weight excluding hydrogens is 602 g/mol. The minimum absolute atomic E-state index is 0.0553. The van der Waals surface area contributed by atoms with Crippen LogP contribution in [0.4, 0.5) is 0 Å². The van der Waals surface area contributed by atoms with E-state index in [0.29, 0.717) is 115 Å². The number of hydrogen-bond acceptors (Lipinski definition) is 12. The second-order valence-electron chi connectivity index (χ2n) is 10.7. The first-order valence-electron chi connectivity index (χ1n) is 16.0. The van der Waals surface area contributed by atoms with Gasteiger partial charge in [0, 0.05) is 43.7 Å². The Morgan fingerprint density at radius 1 is 0.891 bits per heavy atom. The number of carbonyl (C=O) groups is 1. The standard InChI is InChI=1S/C33H47NO12/c1-2-44-33-25(7-11-38-15-18-41-14-10-35)27(28-24-45-29-6-4-3-5-26(29)31(28)36)23-30(46-33)32(37)34-8-12-39-16-19-42-21-22-43-20-17-40-13-9-34/h3-6,23-25,27,33,35H,2,7-22H2,1H3. The van der Waals surface area contributed by atoms with E-state index in [1.165, 1.54) is 6.26 Å². The Hall–Kier alpha value is -2.88. The van der Waals surface area contributed by atoms with E-state index in [4.69, 9.17) is 47.4 Å². The smallest absolute Gasteiger partial charge is 0.288 e. The van der Waals surface area contributed by atoms with Crippen molar-refractivity contribution in [1.29, 1.82) is 0 Å². The first-order chi connectivity index (χ1) is 22.6. The van der Waals surface area contributed by atoms with Crippen LogP contribution < -0.4 is 5.43 Å². The average Bonchev–Trinajstić information content (AvgIpc) is 3.08. The van der Waals surface area contributed by atoms with Gasteiger partial charge in [-0.25, -0.2) is 0 Å². The minimum Gasteiger partial charge on any atom is -0.464 e. The average molecular weight is 650 g/mol. The molecular formula is C33H47NO12. The summed E-state index contributed by atoms with van der Waals surface area (Å²) in [5.74, 6) is -1.21. The quantitative estimate of drug-likeness (QED) is 0.336. The van der Waals surface area contributed by atoms with Crippen LogP contribution in [0.1, 0.15) is 24.8 Å². The lowest BCUT2D eigenvalue weighted by atomic mass is 9.81. The number of benzene rings is 1. The van der Waals surface area contributed by atoms with Crippen LogP contribution in [0.25, 0.3) is 11.0 Å². The Balaban J connectivity index is 1.59. The largest absolute Gasteiger partial charge is 0.464 e. The molecule has 1 saturated heterocycles. The van der Waals surface area contributed by atoms with Crippen molar-refractivity contribution in [1.82, 2.24) is 4.90 Å². The zero-order valence-corrected chi connectivity index (χ0v) is 26.6. The van der Waals surface area contributed by atoms with Crippen LogP contribution in [0.15, 0.2) is 51.6 Å². The van der Waals surface area contributed by atoms with Crippen molar-refractivity contribution in [2.24, 2.45) is 5.92 Å². The number of aliphatic hydroxyl groups is 1. The molecule has 3 unspecified atom stereocenters. The van der Waals surface area contributed by atoms with Crippen LogP contribution in [-0.2, 0) is 42.7 Å². The lowest BCUT2D eigenvalue weighted by molar-refractivity contribution is -0.172. The van der Waals surface area contributed by atoms with E-state index in [2.05, 4.69) is 0 Å². The molecule has 3 heterocycles. The summed E-state index contributed by atoms with van der Waals surface area (Å²) in [6, 6.07) is 7.06. The van der Waals surface area contributed by atoms with E-state index in [0.717, 1.165) is 0 Å². The molecule has 2 aromatic rings. The van der Waals surface area contributed by atoms with Crippen molar-refractivity contribution in [3.8, 4) is 0 Å². The Labute approximate surface area is 269 Å². The summed E-state index contributed by atoms with van der Waals surface area (Å²) in [7, 11) is 0. The molecule has 46 heavy (non-hydrogen) atoms. The van der Waals surface area contributed by atoms with E-state index in [1.54, 1.807) is 35.2 Å². The fourth-order valence-corrected chi connectivity index (χ4v) is 5.30. The van der Waals surface area contributed by atoms with Crippen molar-refractivity contribution in [3.63, 3.8) is 0 Å². The third kappa shape index (κ3) is 10.8. The van der Waals surface area contributed by atoms with Gasteiger partial charge in [0.05, 0.1) is 90.9 Å². The van der Waals surface area contributed by atoms with E-state index in [9.17, 15) is 9.59 Å². The fourth-order valence-electron chi connectivity index (χ4n) is 5.30. The van der Waals surface area contributed by atoms with Gasteiger partial charge in [-0.1, -0.05) is 12.1 Å². The van der Waals surface area contributed by atoms with E-state index < -0.39 is 12.2 Å². The highest BCUT2D eigenvalue weighted by Crippen LogP contribution is 2.38. The summed E-state index contributed by atoms with van der Waals surface area (Å²) in [6.45, 7) is 7.16. The number of rotatable bonds is 12. The van der Waals surface area contributed by atoms with Gasteiger partial charge < -0.3 is 52.3 Å². The molecule has 1 aromatic carbocycles. The number of para-hydroxylation sites is 1. The summed E-state index contributed by atoms with van der Waals surface area (Å²) in [5.41, 5.74) is 0.692. The normalized spacial score (nSPS) is 22.4. The summed E-state index contributed by atoms with van der Waals surface area (Å²) < 4.78 is 51.7. The number of ether oxygens (including phenoxy) is 8. The van der Waals surface area contributed by atoms with Crippen LogP contribution in [0.5, 0.6) is 0 Å². The Kier molecular flexibility index (Phi) is 15.9. The van der Waals surface area contributed by atoms with E-state index in [1.807, 2.05) is 6.92 Å². The highest BCUT2D eigenvalue weighted by atomic mass is 16.7. The number of allylic oxidation sites excluding steroid dienone is 1. The van der Waals surface area contributed by atoms with Crippen molar-refractivity contribution >= 4 is 16.9 Å². The molecule has 1 N–H and O–H groups in total. The van der Waals surface area contributed by atoms with Crippen molar-refractivity contribution < 1.29 is 52.2 Å². The van der Waals surface area contributed by atoms with Gasteiger partial charge >= 0.3 is 0 Å². The van der Waals surface area contributed by atoms with Crippen LogP contribution in [0, 0.1) is 5.92 Å². The minimum atomic E-state index is -0.829. The highest BCUT2D eigenvalue weighted by Gasteiger charge is 2.40. The second-order valence-corrected chi connectivity index (χ2v) is 10.7. The number of nitrogens with zero attached hydrogens (tertiary/aromatic N) is 1. The molecule has 1 amide bonds. The lowest BCUT2D eigenvalue weighted by Crippen LogP contribution is -2.43. The topological polar surface area (TPSA) is 145 Å². The molecule has 1 aromatic heterocycles. The van der Waals surface area contributed by atoms with Crippen molar-refractivity contribution in [3.05, 3.63) is 58.2 Å². The third-order valence-corrected chi connectivity index (χ3v) is 7.61. The predicted molar refractivity (Wildman–Crippen MR) is 166 cm³/mol. The van der Waals surface area contributed by atoms with Gasteiger partial charge in [-0.2, -0.15) is 0 Å². The zero-order valence-electron chi connectivity index (χ0n) is 26.6. The van der Waals surface area contributed by atoms with Gasteiger partial charge in [0.15, 0.2) is 11.2 Å². The van der Waals surface area contributed by atoms with E-state index >= 15 is 0 Å². The van der Waals surface area contributed by atoms with Crippen LogP contribution in [-0.4, -0.2) is 128 Å².